The SMILES string of the molecule is CCOC(=O)C1=C(C)N=c2s/c(=C\c3ccc(OCc4ccc(Cl)cc4Cl)c(OC)c3)c(=O)n2[C@@H]1c1ccc(OC)c(OCC)c1. The summed E-state index contributed by atoms with van der Waals surface area (Å²) in [6, 6.07) is 15.1. The largest absolute Gasteiger partial charge is 0.493 e. The number of aromatic nitrogens is 1. The quantitative estimate of drug-likeness (QED) is 0.176. The summed E-state index contributed by atoms with van der Waals surface area (Å²) < 4.78 is 30.2. The fourth-order valence-corrected chi connectivity index (χ4v) is 6.59. The number of halogens is 2. The maximum atomic E-state index is 14.1. The molecular weight excluding hydrogens is 651 g/mol. The molecule has 0 saturated heterocycles. The Morgan fingerprint density at radius 1 is 0.935 bits per heavy atom. The van der Waals surface area contributed by atoms with Crippen LogP contribution in [0.25, 0.3) is 6.08 Å². The number of hydrogen-bond donors (Lipinski definition) is 0. The van der Waals surface area contributed by atoms with Crippen LogP contribution in [0.5, 0.6) is 23.0 Å². The Balaban J connectivity index is 1.56. The normalized spacial score (nSPS) is 14.4. The number of hydrogen-bond acceptors (Lipinski definition) is 9. The van der Waals surface area contributed by atoms with Crippen LogP contribution in [0.1, 0.15) is 43.5 Å². The second-order valence-corrected chi connectivity index (χ2v) is 11.9. The van der Waals surface area contributed by atoms with E-state index in [9.17, 15) is 9.59 Å². The molecule has 5 rings (SSSR count). The highest BCUT2D eigenvalue weighted by molar-refractivity contribution is 7.07. The molecule has 2 heterocycles. The first-order valence-electron chi connectivity index (χ1n) is 14.4. The zero-order valence-corrected chi connectivity index (χ0v) is 28.2. The Morgan fingerprint density at radius 2 is 1.70 bits per heavy atom. The number of esters is 1. The van der Waals surface area contributed by atoms with Crippen molar-refractivity contribution in [3.05, 3.63) is 112 Å². The van der Waals surface area contributed by atoms with E-state index in [1.54, 1.807) is 76.6 Å². The minimum atomic E-state index is -0.799. The maximum absolute atomic E-state index is 14.1. The van der Waals surface area contributed by atoms with Gasteiger partial charge in [0.05, 0.1) is 49.3 Å². The van der Waals surface area contributed by atoms with Gasteiger partial charge in [-0.15, -0.1) is 0 Å². The topological polar surface area (TPSA) is 97.6 Å². The molecule has 1 aliphatic rings. The van der Waals surface area contributed by atoms with Gasteiger partial charge in [0.15, 0.2) is 27.8 Å². The van der Waals surface area contributed by atoms with Gasteiger partial charge >= 0.3 is 5.97 Å². The van der Waals surface area contributed by atoms with Crippen LogP contribution in [0.4, 0.5) is 0 Å². The fourth-order valence-electron chi connectivity index (χ4n) is 5.08. The molecule has 0 N–H and O–H groups in total. The number of nitrogens with zero attached hydrogens (tertiary/aromatic N) is 2. The Bertz CT molecular complexity index is 2000. The molecule has 0 saturated carbocycles. The molecule has 0 aliphatic carbocycles. The number of benzene rings is 3. The van der Waals surface area contributed by atoms with Gasteiger partial charge in [-0.25, -0.2) is 9.79 Å². The highest BCUT2D eigenvalue weighted by atomic mass is 35.5. The number of allylic oxidation sites excluding steroid dienone is 1. The van der Waals surface area contributed by atoms with E-state index < -0.39 is 12.0 Å². The van der Waals surface area contributed by atoms with Crippen molar-refractivity contribution in [3.63, 3.8) is 0 Å². The average Bonchev–Trinajstić information content (AvgIpc) is 3.34. The van der Waals surface area contributed by atoms with Crippen molar-refractivity contribution in [1.29, 1.82) is 0 Å². The number of rotatable bonds is 11. The predicted octanol–water partition coefficient (Wildman–Crippen LogP) is 6.10. The van der Waals surface area contributed by atoms with Gasteiger partial charge in [-0.2, -0.15) is 0 Å². The molecule has 0 spiro atoms. The molecule has 240 valence electrons. The van der Waals surface area contributed by atoms with Crippen molar-refractivity contribution in [3.8, 4) is 23.0 Å². The molecule has 9 nitrogen and oxygen atoms in total. The van der Waals surface area contributed by atoms with Gasteiger partial charge in [0, 0.05) is 15.6 Å². The van der Waals surface area contributed by atoms with Crippen LogP contribution in [0, 0.1) is 0 Å². The van der Waals surface area contributed by atoms with Crippen molar-refractivity contribution in [2.24, 2.45) is 4.99 Å². The van der Waals surface area contributed by atoms with E-state index >= 15 is 0 Å². The lowest BCUT2D eigenvalue weighted by Gasteiger charge is -2.25. The smallest absolute Gasteiger partial charge is 0.338 e. The molecule has 1 aromatic heterocycles. The Morgan fingerprint density at radius 3 is 2.39 bits per heavy atom. The van der Waals surface area contributed by atoms with Gasteiger partial charge in [0.25, 0.3) is 5.56 Å². The molecule has 3 aromatic carbocycles. The van der Waals surface area contributed by atoms with Crippen LogP contribution in [0.2, 0.25) is 10.0 Å². The molecular formula is C34H32Cl2N2O7S. The molecule has 0 unspecified atom stereocenters. The monoisotopic (exact) mass is 682 g/mol. The van der Waals surface area contributed by atoms with Gasteiger partial charge in [-0.3, -0.25) is 9.36 Å². The van der Waals surface area contributed by atoms with Gasteiger partial charge in [-0.05, 0) is 74.4 Å². The maximum Gasteiger partial charge on any atom is 0.338 e. The van der Waals surface area contributed by atoms with Gasteiger partial charge < -0.3 is 23.7 Å². The summed E-state index contributed by atoms with van der Waals surface area (Å²) in [4.78, 5) is 32.5. The number of ether oxygens (including phenoxy) is 5. The second kappa shape index (κ2) is 14.5. The lowest BCUT2D eigenvalue weighted by Crippen LogP contribution is -2.40. The number of carbonyl (C=O) groups is 1. The van der Waals surface area contributed by atoms with Crippen LogP contribution in [0.15, 0.2) is 75.7 Å². The van der Waals surface area contributed by atoms with E-state index in [1.165, 1.54) is 15.9 Å². The average molecular weight is 684 g/mol. The van der Waals surface area contributed by atoms with E-state index in [4.69, 9.17) is 46.9 Å². The van der Waals surface area contributed by atoms with Crippen molar-refractivity contribution in [2.75, 3.05) is 27.4 Å². The van der Waals surface area contributed by atoms with E-state index in [-0.39, 0.29) is 24.3 Å². The molecule has 46 heavy (non-hydrogen) atoms. The van der Waals surface area contributed by atoms with E-state index in [0.717, 1.165) is 5.56 Å². The molecule has 1 atom stereocenters. The Labute approximate surface area is 279 Å². The molecule has 0 bridgehead atoms. The number of methoxy groups -OCH3 is 2. The van der Waals surface area contributed by atoms with Gasteiger partial charge in [-0.1, -0.05) is 52.7 Å². The third-order valence-electron chi connectivity index (χ3n) is 7.20. The van der Waals surface area contributed by atoms with E-state index in [2.05, 4.69) is 4.99 Å². The summed E-state index contributed by atoms with van der Waals surface area (Å²) in [5.74, 6) is 1.47. The zero-order chi connectivity index (χ0) is 33.0. The molecule has 0 amide bonds. The number of carbonyl (C=O) groups excluding carboxylic acids is 1. The predicted molar refractivity (Wildman–Crippen MR) is 178 cm³/mol. The summed E-state index contributed by atoms with van der Waals surface area (Å²) in [5.41, 5.74) is 2.56. The van der Waals surface area contributed by atoms with Crippen LogP contribution < -0.4 is 33.8 Å². The summed E-state index contributed by atoms with van der Waals surface area (Å²) in [6.07, 6.45) is 1.76. The summed E-state index contributed by atoms with van der Waals surface area (Å²) in [5, 5.41) is 1.04. The van der Waals surface area contributed by atoms with Crippen LogP contribution in [0.3, 0.4) is 0 Å². The summed E-state index contributed by atoms with van der Waals surface area (Å²) >= 11 is 13.5. The molecule has 4 aromatic rings. The zero-order valence-electron chi connectivity index (χ0n) is 25.9. The first-order chi connectivity index (χ1) is 22.2. The summed E-state index contributed by atoms with van der Waals surface area (Å²) in [6.45, 7) is 6.13. The van der Waals surface area contributed by atoms with Crippen LogP contribution in [-0.2, 0) is 16.1 Å². The first kappa shape index (κ1) is 33.1. The fraction of sp³-hybridized carbons (Fsp3) is 0.265. The lowest BCUT2D eigenvalue weighted by atomic mass is 9.95. The lowest BCUT2D eigenvalue weighted by molar-refractivity contribution is -0.139. The van der Waals surface area contributed by atoms with Crippen molar-refractivity contribution in [1.82, 2.24) is 4.57 Å². The second-order valence-electron chi connectivity index (χ2n) is 10.1. The number of thiazole rings is 1. The Kier molecular flexibility index (Phi) is 10.4. The molecule has 12 heteroatoms. The third kappa shape index (κ3) is 6.79. The van der Waals surface area contributed by atoms with Crippen LogP contribution >= 0.6 is 34.5 Å². The van der Waals surface area contributed by atoms with Gasteiger partial charge in [0.2, 0.25) is 0 Å². The number of fused-ring (bicyclic) bond motifs is 1. The molecule has 0 radical (unpaired) electrons. The minimum Gasteiger partial charge on any atom is -0.493 e. The van der Waals surface area contributed by atoms with Gasteiger partial charge in [0.1, 0.15) is 6.61 Å². The summed E-state index contributed by atoms with van der Waals surface area (Å²) in [7, 11) is 3.10. The van der Waals surface area contributed by atoms with E-state index in [1.807, 2.05) is 19.1 Å². The minimum absolute atomic E-state index is 0.174. The highest BCUT2D eigenvalue weighted by Crippen LogP contribution is 2.36. The standard InChI is InChI=1S/C34H32Cl2N2O7S/c1-6-43-28-16-21(10-13-25(28)41-4)31-30(33(40)44-7-2)19(3)37-34-38(31)32(39)29(46-34)15-20-8-12-26(27(14-20)42-5)45-18-22-9-11-23(35)17-24(22)36/h8-17,31H,6-7,18H2,1-5H3/b29-15-/t31-/m1/s1. The highest BCUT2D eigenvalue weighted by Gasteiger charge is 2.34. The van der Waals surface area contributed by atoms with E-state index in [0.29, 0.717) is 65.8 Å². The van der Waals surface area contributed by atoms with Crippen molar-refractivity contribution < 1.29 is 28.5 Å². The first-order valence-corrected chi connectivity index (χ1v) is 16.0. The van der Waals surface area contributed by atoms with Crippen molar-refractivity contribution >= 4 is 46.6 Å². The Hall–Kier alpha value is -4.25. The third-order valence-corrected chi connectivity index (χ3v) is 8.77. The van der Waals surface area contributed by atoms with Crippen LogP contribution in [-0.4, -0.2) is 38.0 Å². The van der Waals surface area contributed by atoms with Crippen molar-refractivity contribution in [2.45, 2.75) is 33.4 Å². The molecule has 0 fully saturated rings. The molecule has 1 aliphatic heterocycles.